The normalized spacial score (nSPS) is 13.7. The maximum Gasteiger partial charge on any atom is 0.261 e. The molecule has 1 atom stereocenters. The monoisotopic (exact) mass is 475 g/mol. The van der Waals surface area contributed by atoms with E-state index >= 15 is 0 Å². The first-order valence-corrected chi connectivity index (χ1v) is 10.9. The Balaban J connectivity index is 1.70. The van der Waals surface area contributed by atoms with Gasteiger partial charge in [0, 0.05) is 42.2 Å². The first-order chi connectivity index (χ1) is 15.3. The van der Waals surface area contributed by atoms with E-state index in [9.17, 15) is 19.2 Å². The number of nitrogens with one attached hydrogen (secondary N) is 1. The second kappa shape index (κ2) is 10.1. The van der Waals surface area contributed by atoms with E-state index in [-0.39, 0.29) is 49.6 Å². The van der Waals surface area contributed by atoms with Gasteiger partial charge in [0.25, 0.3) is 11.8 Å². The Labute approximate surface area is 196 Å². The highest BCUT2D eigenvalue weighted by Gasteiger charge is 2.35. The van der Waals surface area contributed by atoms with Crippen LogP contribution in [0.15, 0.2) is 42.5 Å². The summed E-state index contributed by atoms with van der Waals surface area (Å²) in [5.74, 6) is -1.37. The van der Waals surface area contributed by atoms with Gasteiger partial charge < -0.3 is 10.2 Å². The second-order valence-corrected chi connectivity index (χ2v) is 8.24. The third-order valence-electron chi connectivity index (χ3n) is 5.45. The molecule has 7 nitrogen and oxygen atoms in total. The molecule has 2 aromatic carbocycles. The molecule has 0 fully saturated rings. The van der Waals surface area contributed by atoms with Crippen LogP contribution < -0.4 is 5.32 Å². The number of rotatable bonds is 8. The summed E-state index contributed by atoms with van der Waals surface area (Å²) in [5, 5.41) is 3.33. The van der Waals surface area contributed by atoms with Gasteiger partial charge in [0.05, 0.1) is 11.1 Å². The first kappa shape index (κ1) is 23.8. The zero-order chi connectivity index (χ0) is 23.4. The molecule has 0 aromatic heterocycles. The van der Waals surface area contributed by atoms with Crippen LogP contribution in [0.1, 0.15) is 46.0 Å². The molecule has 0 radical (unpaired) electrons. The van der Waals surface area contributed by atoms with Gasteiger partial charge in [0.2, 0.25) is 11.8 Å². The third-order valence-corrected chi connectivity index (χ3v) is 6.16. The smallest absolute Gasteiger partial charge is 0.261 e. The van der Waals surface area contributed by atoms with E-state index < -0.39 is 6.04 Å². The molecule has 0 bridgehead atoms. The number of hydrogen-bond acceptors (Lipinski definition) is 4. The van der Waals surface area contributed by atoms with E-state index in [0.29, 0.717) is 26.7 Å². The van der Waals surface area contributed by atoms with Crippen molar-refractivity contribution in [2.75, 3.05) is 13.6 Å². The molecule has 1 N–H and O–H groups in total. The van der Waals surface area contributed by atoms with Crippen LogP contribution in [0.25, 0.3) is 0 Å². The number of likely N-dealkylation sites (N-methyl/N-ethyl adjacent to an activating group) is 1. The van der Waals surface area contributed by atoms with Gasteiger partial charge in [-0.3, -0.25) is 24.1 Å². The zero-order valence-electron chi connectivity index (χ0n) is 17.7. The van der Waals surface area contributed by atoms with Gasteiger partial charge in [-0.2, -0.15) is 0 Å². The maximum atomic E-state index is 13.1. The van der Waals surface area contributed by atoms with Crippen LogP contribution >= 0.6 is 23.2 Å². The Morgan fingerprint density at radius 3 is 2.09 bits per heavy atom. The number of halogens is 2. The van der Waals surface area contributed by atoms with E-state index in [1.54, 1.807) is 49.4 Å². The van der Waals surface area contributed by atoms with E-state index in [1.807, 2.05) is 0 Å². The van der Waals surface area contributed by atoms with Crippen molar-refractivity contribution in [2.24, 2.45) is 0 Å². The Morgan fingerprint density at radius 1 is 1.00 bits per heavy atom. The Kier molecular flexibility index (Phi) is 7.53. The maximum absolute atomic E-state index is 13.1. The summed E-state index contributed by atoms with van der Waals surface area (Å²) >= 11 is 12.5. The molecule has 1 aliphatic rings. The number of hydrogen-bond donors (Lipinski definition) is 1. The minimum Gasteiger partial charge on any atom is -0.357 e. The largest absolute Gasteiger partial charge is 0.357 e. The first-order valence-electron chi connectivity index (χ1n) is 10.2. The molecule has 0 spiro atoms. The average molecular weight is 476 g/mol. The molecule has 32 heavy (non-hydrogen) atoms. The molecular formula is C23H23Cl2N3O4. The van der Waals surface area contributed by atoms with Crippen LogP contribution in [-0.4, -0.2) is 53.1 Å². The quantitative estimate of drug-likeness (QED) is 0.591. The van der Waals surface area contributed by atoms with Crippen molar-refractivity contribution in [3.63, 3.8) is 0 Å². The van der Waals surface area contributed by atoms with Crippen LogP contribution in [0.2, 0.25) is 10.0 Å². The molecule has 0 aliphatic carbocycles. The highest BCUT2D eigenvalue weighted by atomic mass is 35.5. The molecule has 0 saturated carbocycles. The molecule has 4 amide bonds. The predicted molar refractivity (Wildman–Crippen MR) is 122 cm³/mol. The third kappa shape index (κ3) is 4.79. The van der Waals surface area contributed by atoms with Gasteiger partial charge in [-0.15, -0.1) is 0 Å². The summed E-state index contributed by atoms with van der Waals surface area (Å²) in [6.45, 7) is 1.78. The van der Waals surface area contributed by atoms with Crippen molar-refractivity contribution in [3.05, 3.63) is 69.2 Å². The van der Waals surface area contributed by atoms with Crippen LogP contribution in [0, 0.1) is 0 Å². The van der Waals surface area contributed by atoms with Crippen molar-refractivity contribution >= 4 is 46.8 Å². The van der Waals surface area contributed by atoms with E-state index in [2.05, 4.69) is 5.32 Å². The van der Waals surface area contributed by atoms with Gasteiger partial charge in [0.15, 0.2) is 0 Å². The van der Waals surface area contributed by atoms with Crippen molar-refractivity contribution in [1.29, 1.82) is 0 Å². The summed E-state index contributed by atoms with van der Waals surface area (Å²) in [7, 11) is 1.49. The highest BCUT2D eigenvalue weighted by molar-refractivity contribution is 6.36. The molecule has 1 unspecified atom stereocenters. The molecule has 9 heteroatoms. The van der Waals surface area contributed by atoms with Gasteiger partial charge in [-0.25, -0.2) is 0 Å². The number of carbonyl (C=O) groups excluding carboxylic acids is 4. The van der Waals surface area contributed by atoms with Crippen LogP contribution in [0.5, 0.6) is 0 Å². The molecular weight excluding hydrogens is 453 g/mol. The van der Waals surface area contributed by atoms with Crippen LogP contribution in [-0.2, 0) is 16.1 Å². The minimum atomic E-state index is -0.765. The summed E-state index contributed by atoms with van der Waals surface area (Å²) in [5.41, 5.74) is 1.28. The SMILES string of the molecule is CNC(=O)C(C)N(Cc1c(Cl)cccc1Cl)C(=O)CCCN1C(=O)c2ccccc2C1=O. The Hall–Kier alpha value is -2.90. The van der Waals surface area contributed by atoms with Crippen molar-refractivity contribution in [3.8, 4) is 0 Å². The number of benzene rings is 2. The van der Waals surface area contributed by atoms with Gasteiger partial charge in [-0.1, -0.05) is 41.4 Å². The lowest BCUT2D eigenvalue weighted by Crippen LogP contribution is -2.47. The van der Waals surface area contributed by atoms with Crippen molar-refractivity contribution in [2.45, 2.75) is 32.4 Å². The van der Waals surface area contributed by atoms with Crippen molar-refractivity contribution < 1.29 is 19.2 Å². The van der Waals surface area contributed by atoms with Crippen LogP contribution in [0.3, 0.4) is 0 Å². The molecule has 3 rings (SSSR count). The fraction of sp³-hybridized carbons (Fsp3) is 0.304. The predicted octanol–water partition coefficient (Wildman–Crippen LogP) is 3.53. The summed E-state index contributed by atoms with van der Waals surface area (Å²) in [6.07, 6.45) is 0.300. The lowest BCUT2D eigenvalue weighted by Gasteiger charge is -2.29. The van der Waals surface area contributed by atoms with E-state index in [1.165, 1.54) is 11.9 Å². The van der Waals surface area contributed by atoms with Gasteiger partial charge >= 0.3 is 0 Å². The van der Waals surface area contributed by atoms with E-state index in [0.717, 1.165) is 4.90 Å². The number of imide groups is 1. The Morgan fingerprint density at radius 2 is 1.56 bits per heavy atom. The lowest BCUT2D eigenvalue weighted by molar-refractivity contribution is -0.140. The van der Waals surface area contributed by atoms with Gasteiger partial charge in [-0.05, 0) is 37.6 Å². The molecule has 1 aliphatic heterocycles. The molecule has 1 heterocycles. The lowest BCUT2D eigenvalue weighted by atomic mass is 10.1. The zero-order valence-corrected chi connectivity index (χ0v) is 19.2. The highest BCUT2D eigenvalue weighted by Crippen LogP contribution is 2.27. The van der Waals surface area contributed by atoms with Gasteiger partial charge in [0.1, 0.15) is 6.04 Å². The number of nitrogens with zero attached hydrogens (tertiary/aromatic N) is 2. The average Bonchev–Trinajstić information content (AvgIpc) is 3.03. The fourth-order valence-electron chi connectivity index (χ4n) is 3.62. The molecule has 0 saturated heterocycles. The van der Waals surface area contributed by atoms with Crippen molar-refractivity contribution in [1.82, 2.24) is 15.1 Å². The molecule has 168 valence electrons. The minimum absolute atomic E-state index is 0.0385. The number of amides is 4. The summed E-state index contributed by atoms with van der Waals surface area (Å²) < 4.78 is 0. The topological polar surface area (TPSA) is 86.8 Å². The molecule has 2 aromatic rings. The number of carbonyl (C=O) groups is 4. The fourth-order valence-corrected chi connectivity index (χ4v) is 4.14. The number of fused-ring (bicyclic) bond motifs is 1. The summed E-state index contributed by atoms with van der Waals surface area (Å²) in [4.78, 5) is 52.8. The van der Waals surface area contributed by atoms with Crippen LogP contribution in [0.4, 0.5) is 0 Å². The van der Waals surface area contributed by atoms with E-state index in [4.69, 9.17) is 23.2 Å². The standard InChI is InChI=1S/C23H23Cl2N3O4/c1-14(21(30)26-2)28(13-17-18(24)9-5-10-19(17)25)20(29)11-6-12-27-22(31)15-7-3-4-8-16(15)23(27)32/h3-5,7-10,14H,6,11-13H2,1-2H3,(H,26,30). The summed E-state index contributed by atoms with van der Waals surface area (Å²) in [6, 6.07) is 10.9. The second-order valence-electron chi connectivity index (χ2n) is 7.42. The Bertz CT molecular complexity index is 1020.